The minimum Gasteiger partial charge on any atom is -0.370 e. The average molecular weight is 210 g/mol. The topological polar surface area (TPSA) is 72.2 Å². The Hall–Kier alpha value is -1.32. The van der Waals surface area contributed by atoms with Crippen molar-refractivity contribution < 1.29 is 9.59 Å². The van der Waals surface area contributed by atoms with Crippen molar-refractivity contribution in [3.05, 3.63) is 12.2 Å². The van der Waals surface area contributed by atoms with Crippen molar-refractivity contribution in [1.82, 2.24) is 5.32 Å². The van der Waals surface area contributed by atoms with Gasteiger partial charge in [0.25, 0.3) is 0 Å². The fourth-order valence-electron chi connectivity index (χ4n) is 1.75. The van der Waals surface area contributed by atoms with E-state index in [0.717, 1.165) is 12.8 Å². The van der Waals surface area contributed by atoms with Crippen LogP contribution in [0, 0.1) is 5.92 Å². The number of primary amides is 1. The monoisotopic (exact) mass is 210 g/mol. The van der Waals surface area contributed by atoms with E-state index in [0.29, 0.717) is 0 Å². The molecule has 0 aliphatic heterocycles. The number of allylic oxidation sites excluding steroid dienone is 2. The van der Waals surface area contributed by atoms with Crippen molar-refractivity contribution in [2.75, 3.05) is 0 Å². The third-order valence-electron chi connectivity index (χ3n) is 2.46. The van der Waals surface area contributed by atoms with E-state index in [1.807, 2.05) is 12.2 Å². The molecule has 4 heteroatoms. The minimum atomic E-state index is -0.550. The fourth-order valence-corrected chi connectivity index (χ4v) is 1.75. The van der Waals surface area contributed by atoms with Gasteiger partial charge in [0, 0.05) is 17.9 Å². The van der Waals surface area contributed by atoms with Crippen molar-refractivity contribution in [3.8, 4) is 0 Å². The molecular formula is C11H18N2O2. The molecule has 15 heavy (non-hydrogen) atoms. The molecule has 1 aliphatic rings. The quantitative estimate of drug-likeness (QED) is 0.671. The van der Waals surface area contributed by atoms with Crippen molar-refractivity contribution in [2.24, 2.45) is 11.7 Å². The van der Waals surface area contributed by atoms with Crippen LogP contribution in [0.15, 0.2) is 12.2 Å². The van der Waals surface area contributed by atoms with Gasteiger partial charge in [-0.25, -0.2) is 0 Å². The highest BCUT2D eigenvalue weighted by molar-refractivity contribution is 5.82. The average Bonchev–Trinajstić information content (AvgIpc) is 2.50. The zero-order valence-electron chi connectivity index (χ0n) is 9.25. The number of amides is 2. The zero-order chi connectivity index (χ0) is 11.5. The highest BCUT2D eigenvalue weighted by Gasteiger charge is 2.27. The maximum Gasteiger partial charge on any atom is 0.224 e. The lowest BCUT2D eigenvalue weighted by Gasteiger charge is -2.26. The van der Waals surface area contributed by atoms with Crippen LogP contribution in [0.4, 0.5) is 0 Å². The molecule has 0 saturated heterocycles. The molecule has 1 aliphatic carbocycles. The Morgan fingerprint density at radius 3 is 2.40 bits per heavy atom. The molecule has 0 atom stereocenters. The molecule has 4 nitrogen and oxygen atoms in total. The first-order chi connectivity index (χ1) is 6.91. The number of carbonyl (C=O) groups is 2. The van der Waals surface area contributed by atoms with Crippen molar-refractivity contribution >= 4 is 11.8 Å². The van der Waals surface area contributed by atoms with E-state index in [1.165, 1.54) is 0 Å². The summed E-state index contributed by atoms with van der Waals surface area (Å²) in [5.74, 6) is -0.367. The first-order valence-corrected chi connectivity index (χ1v) is 5.16. The Morgan fingerprint density at radius 1 is 1.40 bits per heavy atom. The van der Waals surface area contributed by atoms with Gasteiger partial charge in [0.2, 0.25) is 11.8 Å². The lowest BCUT2D eigenvalue weighted by molar-refractivity contribution is -0.127. The van der Waals surface area contributed by atoms with E-state index in [2.05, 4.69) is 5.32 Å². The molecule has 0 saturated carbocycles. The molecule has 1 rings (SSSR count). The largest absolute Gasteiger partial charge is 0.370 e. The molecule has 2 amide bonds. The summed E-state index contributed by atoms with van der Waals surface area (Å²) >= 11 is 0. The van der Waals surface area contributed by atoms with Gasteiger partial charge in [0.15, 0.2) is 0 Å². The fraction of sp³-hybridized carbons (Fsp3) is 0.636. The Balaban J connectivity index is 2.45. The van der Waals surface area contributed by atoms with Gasteiger partial charge in [0.1, 0.15) is 0 Å². The van der Waals surface area contributed by atoms with Crippen LogP contribution < -0.4 is 11.1 Å². The predicted molar refractivity (Wildman–Crippen MR) is 57.9 cm³/mol. The molecule has 0 bridgehead atoms. The number of carbonyl (C=O) groups excluding carboxylic acids is 2. The summed E-state index contributed by atoms with van der Waals surface area (Å²) in [6.45, 7) is 3.61. The molecular weight excluding hydrogens is 192 g/mol. The second-order valence-electron chi connectivity index (χ2n) is 4.66. The summed E-state index contributed by atoms with van der Waals surface area (Å²) in [6.07, 6.45) is 5.76. The van der Waals surface area contributed by atoms with Crippen LogP contribution in [0.3, 0.4) is 0 Å². The van der Waals surface area contributed by atoms with Gasteiger partial charge >= 0.3 is 0 Å². The van der Waals surface area contributed by atoms with Crippen molar-refractivity contribution in [1.29, 1.82) is 0 Å². The highest BCUT2D eigenvalue weighted by atomic mass is 16.2. The van der Waals surface area contributed by atoms with Gasteiger partial charge in [-0.15, -0.1) is 0 Å². The summed E-state index contributed by atoms with van der Waals surface area (Å²) < 4.78 is 0. The molecule has 0 aromatic carbocycles. The van der Waals surface area contributed by atoms with Crippen LogP contribution >= 0.6 is 0 Å². The van der Waals surface area contributed by atoms with E-state index in [4.69, 9.17) is 5.73 Å². The first kappa shape index (κ1) is 11.8. The highest BCUT2D eigenvalue weighted by Crippen LogP contribution is 2.19. The Kier molecular flexibility index (Phi) is 3.50. The van der Waals surface area contributed by atoms with Crippen LogP contribution in [0.1, 0.15) is 33.1 Å². The third-order valence-corrected chi connectivity index (χ3v) is 2.46. The summed E-state index contributed by atoms with van der Waals surface area (Å²) in [5, 5.41) is 2.85. The lowest BCUT2D eigenvalue weighted by Crippen LogP contribution is -2.48. The molecule has 0 radical (unpaired) electrons. The third kappa shape index (κ3) is 3.73. The summed E-state index contributed by atoms with van der Waals surface area (Å²) in [7, 11) is 0. The maximum absolute atomic E-state index is 11.7. The van der Waals surface area contributed by atoms with Gasteiger partial charge < -0.3 is 11.1 Å². The van der Waals surface area contributed by atoms with Crippen LogP contribution in [0.25, 0.3) is 0 Å². The number of nitrogens with one attached hydrogen (secondary N) is 1. The number of hydrogen-bond donors (Lipinski definition) is 2. The molecule has 84 valence electrons. The number of nitrogens with two attached hydrogens (primary N) is 1. The maximum atomic E-state index is 11.7. The molecule has 0 spiro atoms. The Labute approximate surface area is 89.9 Å². The van der Waals surface area contributed by atoms with E-state index >= 15 is 0 Å². The van der Waals surface area contributed by atoms with E-state index in [-0.39, 0.29) is 18.2 Å². The zero-order valence-corrected chi connectivity index (χ0v) is 9.25. The molecule has 0 fully saturated rings. The van der Waals surface area contributed by atoms with E-state index < -0.39 is 11.4 Å². The normalized spacial score (nSPS) is 16.7. The first-order valence-electron chi connectivity index (χ1n) is 5.16. The van der Waals surface area contributed by atoms with Gasteiger partial charge in [-0.3, -0.25) is 9.59 Å². The van der Waals surface area contributed by atoms with Gasteiger partial charge in [-0.2, -0.15) is 0 Å². The lowest BCUT2D eigenvalue weighted by atomic mass is 9.97. The van der Waals surface area contributed by atoms with Crippen LogP contribution in [0.5, 0.6) is 0 Å². The van der Waals surface area contributed by atoms with E-state index in [1.54, 1.807) is 13.8 Å². The molecule has 0 heterocycles. The summed E-state index contributed by atoms with van der Waals surface area (Å²) in [6, 6.07) is 0. The molecule has 0 aromatic heterocycles. The van der Waals surface area contributed by atoms with Crippen LogP contribution in [-0.2, 0) is 9.59 Å². The summed E-state index contributed by atoms with van der Waals surface area (Å²) in [5.41, 5.74) is 4.56. The van der Waals surface area contributed by atoms with Crippen LogP contribution in [-0.4, -0.2) is 17.4 Å². The number of hydrogen-bond acceptors (Lipinski definition) is 2. The molecule has 3 N–H and O–H groups in total. The minimum absolute atomic E-state index is 0.00579. The summed E-state index contributed by atoms with van der Waals surface area (Å²) in [4.78, 5) is 22.5. The van der Waals surface area contributed by atoms with Crippen molar-refractivity contribution in [3.63, 3.8) is 0 Å². The second-order valence-corrected chi connectivity index (χ2v) is 4.66. The standard InChI is InChI=1S/C11H18N2O2/c1-11(2,7-9(12)14)13-10(15)8-5-3-4-6-8/h3-4,8H,5-7H2,1-2H3,(H2,12,14)(H,13,15). The van der Waals surface area contributed by atoms with Gasteiger partial charge in [0.05, 0.1) is 0 Å². The van der Waals surface area contributed by atoms with Gasteiger partial charge in [-0.1, -0.05) is 12.2 Å². The Bertz CT molecular complexity index is 287. The smallest absolute Gasteiger partial charge is 0.224 e. The SMILES string of the molecule is CC(C)(CC(N)=O)NC(=O)C1CC=CC1. The van der Waals surface area contributed by atoms with E-state index in [9.17, 15) is 9.59 Å². The molecule has 0 unspecified atom stereocenters. The van der Waals surface area contributed by atoms with Gasteiger partial charge in [-0.05, 0) is 26.7 Å². The van der Waals surface area contributed by atoms with Crippen molar-refractivity contribution in [2.45, 2.75) is 38.6 Å². The number of rotatable bonds is 4. The van der Waals surface area contributed by atoms with Crippen LogP contribution in [0.2, 0.25) is 0 Å². The molecule has 0 aromatic rings. The second kappa shape index (κ2) is 4.47. The predicted octanol–water partition coefficient (Wildman–Crippen LogP) is 0.723. The Morgan fingerprint density at radius 2 is 1.93 bits per heavy atom.